The van der Waals surface area contributed by atoms with Crippen molar-refractivity contribution in [2.75, 3.05) is 11.9 Å². The van der Waals surface area contributed by atoms with E-state index in [4.69, 9.17) is 9.78 Å². The van der Waals surface area contributed by atoms with Crippen molar-refractivity contribution in [2.45, 2.75) is 12.8 Å². The van der Waals surface area contributed by atoms with Crippen LogP contribution in [0, 0.1) is 23.0 Å². The molecule has 5 nitrogen and oxygen atoms in total. The Morgan fingerprint density at radius 1 is 1.12 bits per heavy atom. The Hall–Kier alpha value is -3.27. The summed E-state index contributed by atoms with van der Waals surface area (Å²) in [6.07, 6.45) is 1.18. The van der Waals surface area contributed by atoms with Crippen LogP contribution in [-0.2, 0) is 6.42 Å². The minimum Gasteiger partial charge on any atom is -0.383 e. The molecule has 0 amide bonds. The predicted octanol–water partition coefficient (Wildman–Crippen LogP) is 3.93. The van der Waals surface area contributed by atoms with E-state index in [9.17, 15) is 8.78 Å². The number of hydrogen-bond donors (Lipinski definition) is 1. The van der Waals surface area contributed by atoms with Crippen LogP contribution in [0.3, 0.4) is 0 Å². The van der Waals surface area contributed by atoms with Crippen LogP contribution in [0.1, 0.15) is 17.9 Å². The lowest BCUT2D eigenvalue weighted by molar-refractivity contribution is 0.377. The number of aryl methyl sites for hydroxylation is 1. The number of nitrogens with zero attached hydrogens (tertiary/aromatic N) is 3. The Labute approximate surface area is 142 Å². The first-order chi connectivity index (χ1) is 12.2. The van der Waals surface area contributed by atoms with E-state index in [0.29, 0.717) is 42.4 Å². The summed E-state index contributed by atoms with van der Waals surface area (Å²) < 4.78 is 31.8. The molecule has 0 spiro atoms. The van der Waals surface area contributed by atoms with E-state index in [-0.39, 0.29) is 11.4 Å². The summed E-state index contributed by atoms with van der Waals surface area (Å²) in [6, 6.07) is 12.0. The molecule has 3 aromatic rings. The molecule has 7 heteroatoms. The van der Waals surface area contributed by atoms with E-state index < -0.39 is 5.82 Å². The van der Waals surface area contributed by atoms with Gasteiger partial charge in [0.2, 0.25) is 11.7 Å². The van der Waals surface area contributed by atoms with Gasteiger partial charge in [0, 0.05) is 18.5 Å². The molecule has 0 unspecified atom stereocenters. The van der Waals surface area contributed by atoms with Gasteiger partial charge in [-0.25, -0.2) is 8.78 Å². The lowest BCUT2D eigenvalue weighted by Crippen LogP contribution is -2.05. The fourth-order valence-electron chi connectivity index (χ4n) is 2.26. The second-order valence-corrected chi connectivity index (χ2v) is 5.36. The highest BCUT2D eigenvalue weighted by molar-refractivity contribution is 5.53. The number of anilines is 1. The fraction of sp³-hybridized carbons (Fsp3) is 0.167. The van der Waals surface area contributed by atoms with Crippen molar-refractivity contribution in [3.05, 3.63) is 65.6 Å². The van der Waals surface area contributed by atoms with E-state index in [2.05, 4.69) is 15.5 Å². The van der Waals surface area contributed by atoms with Crippen molar-refractivity contribution in [2.24, 2.45) is 0 Å². The Morgan fingerprint density at radius 3 is 2.64 bits per heavy atom. The molecule has 1 N–H and O–H groups in total. The number of hydrogen-bond acceptors (Lipinski definition) is 5. The van der Waals surface area contributed by atoms with Crippen molar-refractivity contribution in [1.82, 2.24) is 10.1 Å². The van der Waals surface area contributed by atoms with Crippen molar-refractivity contribution in [3.63, 3.8) is 0 Å². The van der Waals surface area contributed by atoms with Crippen LogP contribution in [0.15, 0.2) is 47.0 Å². The molecular formula is C18H14F2N4O. The zero-order valence-corrected chi connectivity index (χ0v) is 13.2. The molecule has 0 aliphatic heterocycles. The van der Waals surface area contributed by atoms with E-state index in [1.807, 2.05) is 6.07 Å². The third-order valence-electron chi connectivity index (χ3n) is 3.55. The van der Waals surface area contributed by atoms with Crippen LogP contribution in [0.5, 0.6) is 0 Å². The third kappa shape index (κ3) is 4.18. The van der Waals surface area contributed by atoms with Gasteiger partial charge in [0.1, 0.15) is 11.6 Å². The summed E-state index contributed by atoms with van der Waals surface area (Å²) in [5.74, 6) is 0.0755. The predicted molar refractivity (Wildman–Crippen MR) is 87.6 cm³/mol. The minimum atomic E-state index is -0.463. The summed E-state index contributed by atoms with van der Waals surface area (Å²) in [6.45, 7) is 0.511. The molecule has 0 fully saturated rings. The Morgan fingerprint density at radius 2 is 1.92 bits per heavy atom. The average Bonchev–Trinajstić information content (AvgIpc) is 3.09. The second-order valence-electron chi connectivity index (χ2n) is 5.36. The normalized spacial score (nSPS) is 10.4. The molecule has 3 rings (SSSR count). The van der Waals surface area contributed by atoms with Gasteiger partial charge < -0.3 is 9.84 Å². The molecule has 0 atom stereocenters. The standard InChI is InChI=1S/C18H14F2N4O/c19-14-6-4-13(5-7-14)18-23-17(25-24-18)2-1-9-22-16-8-3-12(11-21)10-15(16)20/h3-8,10,22H,1-2,9H2. The number of halogens is 2. The average molecular weight is 340 g/mol. The highest BCUT2D eigenvalue weighted by atomic mass is 19.1. The monoisotopic (exact) mass is 340 g/mol. The molecule has 1 aromatic heterocycles. The Bertz CT molecular complexity index is 900. The molecule has 0 saturated heterocycles. The minimum absolute atomic E-state index is 0.280. The highest BCUT2D eigenvalue weighted by Gasteiger charge is 2.09. The van der Waals surface area contributed by atoms with Crippen molar-refractivity contribution < 1.29 is 13.3 Å². The van der Waals surface area contributed by atoms with E-state index >= 15 is 0 Å². The number of nitrogens with one attached hydrogen (secondary N) is 1. The van der Waals surface area contributed by atoms with Crippen LogP contribution >= 0.6 is 0 Å². The molecule has 0 bridgehead atoms. The summed E-state index contributed by atoms with van der Waals surface area (Å²) >= 11 is 0. The molecule has 1 heterocycles. The molecule has 126 valence electrons. The molecule has 2 aromatic carbocycles. The lowest BCUT2D eigenvalue weighted by atomic mass is 10.2. The van der Waals surface area contributed by atoms with Crippen molar-refractivity contribution in [1.29, 1.82) is 5.26 Å². The number of aromatic nitrogens is 2. The molecule has 25 heavy (non-hydrogen) atoms. The van der Waals surface area contributed by atoms with Crippen LogP contribution in [-0.4, -0.2) is 16.7 Å². The van der Waals surface area contributed by atoms with Crippen LogP contribution in [0.2, 0.25) is 0 Å². The zero-order valence-electron chi connectivity index (χ0n) is 13.2. The summed E-state index contributed by atoms with van der Waals surface area (Å²) in [7, 11) is 0. The SMILES string of the molecule is N#Cc1ccc(NCCCc2nc(-c3ccc(F)cc3)no2)c(F)c1. The van der Waals surface area contributed by atoms with Gasteiger partial charge in [-0.1, -0.05) is 5.16 Å². The molecule has 0 radical (unpaired) electrons. The molecule has 0 saturated carbocycles. The first kappa shape index (κ1) is 16.6. The lowest BCUT2D eigenvalue weighted by Gasteiger charge is -2.06. The largest absolute Gasteiger partial charge is 0.383 e. The van der Waals surface area contributed by atoms with Gasteiger partial charge in [-0.2, -0.15) is 10.2 Å². The van der Waals surface area contributed by atoms with Gasteiger partial charge >= 0.3 is 0 Å². The molecular weight excluding hydrogens is 326 g/mol. The van der Waals surface area contributed by atoms with Crippen LogP contribution < -0.4 is 5.32 Å². The maximum absolute atomic E-state index is 13.7. The van der Waals surface area contributed by atoms with Crippen molar-refractivity contribution >= 4 is 5.69 Å². The first-order valence-corrected chi connectivity index (χ1v) is 7.68. The molecule has 0 aliphatic carbocycles. The summed E-state index contributed by atoms with van der Waals surface area (Å²) in [5, 5.41) is 15.5. The highest BCUT2D eigenvalue weighted by Crippen LogP contribution is 2.17. The first-order valence-electron chi connectivity index (χ1n) is 7.68. The maximum Gasteiger partial charge on any atom is 0.227 e. The third-order valence-corrected chi connectivity index (χ3v) is 3.55. The Kier molecular flexibility index (Phi) is 5.00. The summed E-state index contributed by atoms with van der Waals surface area (Å²) in [4.78, 5) is 4.26. The van der Waals surface area contributed by atoms with E-state index in [1.165, 1.54) is 24.3 Å². The van der Waals surface area contributed by atoms with Gasteiger partial charge in [0.15, 0.2) is 0 Å². The van der Waals surface area contributed by atoms with E-state index in [0.717, 1.165) is 0 Å². The Balaban J connectivity index is 1.51. The number of rotatable bonds is 6. The van der Waals surface area contributed by atoms with Gasteiger partial charge in [0.25, 0.3) is 0 Å². The van der Waals surface area contributed by atoms with Crippen LogP contribution in [0.4, 0.5) is 14.5 Å². The second kappa shape index (κ2) is 7.53. The van der Waals surface area contributed by atoms with Gasteiger partial charge in [-0.15, -0.1) is 0 Å². The van der Waals surface area contributed by atoms with E-state index in [1.54, 1.807) is 18.2 Å². The van der Waals surface area contributed by atoms with Gasteiger partial charge in [-0.3, -0.25) is 0 Å². The topological polar surface area (TPSA) is 74.7 Å². The van der Waals surface area contributed by atoms with Crippen LogP contribution in [0.25, 0.3) is 11.4 Å². The molecule has 0 aliphatic rings. The number of nitriles is 1. The van der Waals surface area contributed by atoms with Gasteiger partial charge in [0.05, 0.1) is 17.3 Å². The summed E-state index contributed by atoms with van der Waals surface area (Å²) in [5.41, 5.74) is 1.30. The maximum atomic E-state index is 13.7. The fourth-order valence-corrected chi connectivity index (χ4v) is 2.26. The smallest absolute Gasteiger partial charge is 0.227 e. The quantitative estimate of drug-likeness (QED) is 0.688. The zero-order chi connectivity index (χ0) is 17.6. The van der Waals surface area contributed by atoms with Crippen molar-refractivity contribution in [3.8, 4) is 17.5 Å². The number of benzene rings is 2. The van der Waals surface area contributed by atoms with Gasteiger partial charge in [-0.05, 0) is 48.9 Å².